The Morgan fingerprint density at radius 2 is 2.43 bits per heavy atom. The fraction of sp³-hybridized carbons (Fsp3) is 0.375. The summed E-state index contributed by atoms with van der Waals surface area (Å²) in [6.07, 6.45) is 0. The minimum absolute atomic E-state index is 0.383. The van der Waals surface area contributed by atoms with Gasteiger partial charge in [0.15, 0.2) is 4.67 Å². The van der Waals surface area contributed by atoms with E-state index in [4.69, 9.17) is 15.3 Å². The molecule has 0 saturated carbocycles. The Balaban J connectivity index is 2.25. The Kier molecular flexibility index (Phi) is 4.50. The molecule has 0 aliphatic carbocycles. The largest absolute Gasteiger partial charge is 0.480 e. The van der Waals surface area contributed by atoms with E-state index in [0.717, 1.165) is 5.76 Å². The highest BCUT2D eigenvalue weighted by Crippen LogP contribution is 2.19. The molecule has 1 atom stereocenters. The highest BCUT2D eigenvalue weighted by Gasteiger charge is 2.11. The number of halogens is 1. The van der Waals surface area contributed by atoms with E-state index < -0.39 is 12.0 Å². The third-order valence-corrected chi connectivity index (χ3v) is 3.00. The summed E-state index contributed by atoms with van der Waals surface area (Å²) >= 11 is 4.62. The van der Waals surface area contributed by atoms with Crippen molar-refractivity contribution >= 4 is 33.7 Å². The van der Waals surface area contributed by atoms with Crippen molar-refractivity contribution < 1.29 is 14.3 Å². The van der Waals surface area contributed by atoms with E-state index in [2.05, 4.69) is 15.9 Å². The number of furan rings is 1. The topological polar surface area (TPSA) is 76.5 Å². The Morgan fingerprint density at radius 1 is 1.71 bits per heavy atom. The van der Waals surface area contributed by atoms with Crippen molar-refractivity contribution in [3.63, 3.8) is 0 Å². The predicted molar refractivity (Wildman–Crippen MR) is 58.2 cm³/mol. The van der Waals surface area contributed by atoms with Gasteiger partial charge >= 0.3 is 5.97 Å². The van der Waals surface area contributed by atoms with Crippen molar-refractivity contribution in [2.75, 3.05) is 5.75 Å². The first kappa shape index (κ1) is 11.6. The summed E-state index contributed by atoms with van der Waals surface area (Å²) in [7, 11) is 0. The van der Waals surface area contributed by atoms with E-state index in [-0.39, 0.29) is 0 Å². The summed E-state index contributed by atoms with van der Waals surface area (Å²) in [6, 6.07) is 2.83. The molecule has 0 amide bonds. The zero-order valence-corrected chi connectivity index (χ0v) is 9.68. The predicted octanol–water partition coefficient (Wildman–Crippen LogP) is 1.69. The molecule has 1 aromatic rings. The number of carboxylic acid groups (broad SMARTS) is 1. The van der Waals surface area contributed by atoms with Crippen LogP contribution in [0.5, 0.6) is 0 Å². The maximum atomic E-state index is 10.4. The molecule has 0 aliphatic rings. The SMILES string of the molecule is NC(CSCc1ccc(Br)o1)C(=O)O. The van der Waals surface area contributed by atoms with Gasteiger partial charge in [0, 0.05) is 5.75 Å². The maximum Gasteiger partial charge on any atom is 0.321 e. The Morgan fingerprint density at radius 3 is 2.93 bits per heavy atom. The minimum atomic E-state index is -0.974. The molecular weight excluding hydrogens is 270 g/mol. The molecule has 0 fully saturated rings. The van der Waals surface area contributed by atoms with Crippen LogP contribution >= 0.6 is 27.7 Å². The smallest absolute Gasteiger partial charge is 0.321 e. The number of thioether (sulfide) groups is 1. The summed E-state index contributed by atoms with van der Waals surface area (Å²) in [5.41, 5.74) is 5.33. The third-order valence-electron chi connectivity index (χ3n) is 1.49. The molecule has 4 nitrogen and oxygen atoms in total. The van der Waals surface area contributed by atoms with Gasteiger partial charge in [0.1, 0.15) is 11.8 Å². The summed E-state index contributed by atoms with van der Waals surface area (Å²) in [5, 5.41) is 8.51. The molecule has 78 valence electrons. The van der Waals surface area contributed by atoms with E-state index in [1.807, 2.05) is 6.07 Å². The van der Waals surface area contributed by atoms with Gasteiger partial charge in [-0.05, 0) is 28.1 Å². The maximum absolute atomic E-state index is 10.4. The lowest BCUT2D eigenvalue weighted by atomic mass is 10.4. The molecule has 1 unspecified atom stereocenters. The first-order valence-electron chi connectivity index (χ1n) is 3.90. The standard InChI is InChI=1S/C8H10BrNO3S/c9-7-2-1-5(13-7)3-14-4-6(10)8(11)12/h1-2,6H,3-4,10H2,(H,11,12). The van der Waals surface area contributed by atoms with Crippen LogP contribution in [0.3, 0.4) is 0 Å². The Hall–Kier alpha value is -0.460. The number of carboxylic acids is 1. The first-order chi connectivity index (χ1) is 6.59. The molecule has 1 aromatic heterocycles. The van der Waals surface area contributed by atoms with Crippen molar-refractivity contribution in [2.24, 2.45) is 5.73 Å². The van der Waals surface area contributed by atoms with Crippen LogP contribution in [-0.4, -0.2) is 22.9 Å². The van der Waals surface area contributed by atoms with Gasteiger partial charge in [0.25, 0.3) is 0 Å². The summed E-state index contributed by atoms with van der Waals surface area (Å²) in [4.78, 5) is 10.4. The van der Waals surface area contributed by atoms with Crippen LogP contribution in [0.1, 0.15) is 5.76 Å². The lowest BCUT2D eigenvalue weighted by Crippen LogP contribution is -2.32. The van der Waals surface area contributed by atoms with Crippen molar-refractivity contribution in [1.29, 1.82) is 0 Å². The van der Waals surface area contributed by atoms with Crippen LogP contribution in [0.4, 0.5) is 0 Å². The van der Waals surface area contributed by atoms with E-state index in [9.17, 15) is 4.79 Å². The van der Waals surface area contributed by atoms with Gasteiger partial charge in [-0.3, -0.25) is 4.79 Å². The molecule has 14 heavy (non-hydrogen) atoms. The number of aliphatic carboxylic acids is 1. The van der Waals surface area contributed by atoms with Crippen molar-refractivity contribution in [2.45, 2.75) is 11.8 Å². The van der Waals surface area contributed by atoms with Crippen LogP contribution in [-0.2, 0) is 10.5 Å². The van der Waals surface area contributed by atoms with Crippen molar-refractivity contribution in [3.8, 4) is 0 Å². The number of carbonyl (C=O) groups is 1. The van der Waals surface area contributed by atoms with Gasteiger partial charge in [-0.15, -0.1) is 0 Å². The van der Waals surface area contributed by atoms with Gasteiger partial charge in [0.05, 0.1) is 5.75 Å². The van der Waals surface area contributed by atoms with Gasteiger partial charge < -0.3 is 15.3 Å². The fourth-order valence-corrected chi connectivity index (χ4v) is 2.00. The number of hydrogen-bond acceptors (Lipinski definition) is 4. The minimum Gasteiger partial charge on any atom is -0.480 e. The van der Waals surface area contributed by atoms with Gasteiger partial charge in [-0.1, -0.05) is 0 Å². The van der Waals surface area contributed by atoms with Gasteiger partial charge in [0.2, 0.25) is 0 Å². The van der Waals surface area contributed by atoms with E-state index in [0.29, 0.717) is 16.2 Å². The van der Waals surface area contributed by atoms with Crippen molar-refractivity contribution in [1.82, 2.24) is 0 Å². The molecule has 0 spiro atoms. The second-order valence-electron chi connectivity index (χ2n) is 2.67. The van der Waals surface area contributed by atoms with Gasteiger partial charge in [-0.25, -0.2) is 0 Å². The zero-order chi connectivity index (χ0) is 10.6. The molecule has 3 N–H and O–H groups in total. The lowest BCUT2D eigenvalue weighted by molar-refractivity contribution is -0.137. The average Bonchev–Trinajstić information content (AvgIpc) is 2.51. The van der Waals surface area contributed by atoms with E-state index >= 15 is 0 Å². The van der Waals surface area contributed by atoms with Crippen LogP contribution in [0.15, 0.2) is 21.2 Å². The van der Waals surface area contributed by atoms with E-state index in [1.165, 1.54) is 11.8 Å². The molecule has 6 heteroatoms. The number of rotatable bonds is 5. The Labute approximate surface area is 94.0 Å². The van der Waals surface area contributed by atoms with Crippen LogP contribution in [0.2, 0.25) is 0 Å². The molecule has 0 aliphatic heterocycles. The fourth-order valence-electron chi connectivity index (χ4n) is 0.787. The monoisotopic (exact) mass is 279 g/mol. The second-order valence-corrected chi connectivity index (χ2v) is 4.48. The second kappa shape index (κ2) is 5.43. The molecule has 1 rings (SSSR count). The average molecular weight is 280 g/mol. The quantitative estimate of drug-likeness (QED) is 0.858. The molecule has 0 aromatic carbocycles. The van der Waals surface area contributed by atoms with Crippen molar-refractivity contribution in [3.05, 3.63) is 22.6 Å². The molecule has 0 saturated heterocycles. The lowest BCUT2D eigenvalue weighted by Gasteiger charge is -2.03. The highest BCUT2D eigenvalue weighted by atomic mass is 79.9. The van der Waals surface area contributed by atoms with Crippen LogP contribution in [0, 0.1) is 0 Å². The molecule has 0 bridgehead atoms. The normalized spacial score (nSPS) is 12.7. The van der Waals surface area contributed by atoms with Gasteiger partial charge in [-0.2, -0.15) is 11.8 Å². The number of hydrogen-bond donors (Lipinski definition) is 2. The molecule has 1 heterocycles. The van der Waals surface area contributed by atoms with Crippen LogP contribution < -0.4 is 5.73 Å². The number of nitrogens with two attached hydrogens (primary N) is 1. The zero-order valence-electron chi connectivity index (χ0n) is 7.27. The first-order valence-corrected chi connectivity index (χ1v) is 5.84. The highest BCUT2D eigenvalue weighted by molar-refractivity contribution is 9.10. The third kappa shape index (κ3) is 3.73. The van der Waals surface area contributed by atoms with E-state index in [1.54, 1.807) is 6.07 Å². The summed E-state index contributed by atoms with van der Waals surface area (Å²) in [5.74, 6) is 0.845. The van der Waals surface area contributed by atoms with Crippen LogP contribution in [0.25, 0.3) is 0 Å². The summed E-state index contributed by atoms with van der Waals surface area (Å²) < 4.78 is 5.91. The molecular formula is C8H10BrNO3S. The molecule has 0 radical (unpaired) electrons. The Bertz CT molecular complexity index is 315. The summed E-state index contributed by atoms with van der Waals surface area (Å²) in [6.45, 7) is 0.